The smallest absolute Gasteiger partial charge is 0.243 e. The molecule has 1 N–H and O–H groups in total. The molecule has 0 radical (unpaired) electrons. The lowest BCUT2D eigenvalue weighted by Crippen LogP contribution is -2.52. The van der Waals surface area contributed by atoms with Gasteiger partial charge in [0.2, 0.25) is 11.8 Å². The molecular weight excluding hydrogens is 431 g/mol. The molecule has 1 saturated carbocycles. The second kappa shape index (κ2) is 11.5. The highest BCUT2D eigenvalue weighted by Gasteiger charge is 2.30. The fourth-order valence-electron chi connectivity index (χ4n) is 4.17. The normalized spacial score (nSPS) is 15.3. The van der Waals surface area contributed by atoms with Gasteiger partial charge in [0.25, 0.3) is 0 Å². The molecule has 1 aliphatic rings. The van der Waals surface area contributed by atoms with Crippen LogP contribution in [-0.2, 0) is 22.6 Å². The first kappa shape index (κ1) is 23.6. The number of nitrogens with one attached hydrogen (secondary N) is 1. The Morgan fingerprint density at radius 1 is 1.06 bits per heavy atom. The van der Waals surface area contributed by atoms with Crippen LogP contribution in [0.4, 0.5) is 0 Å². The molecule has 6 heteroatoms. The molecule has 166 valence electrons. The van der Waals surface area contributed by atoms with Gasteiger partial charge < -0.3 is 10.2 Å². The minimum Gasteiger partial charge on any atom is -0.352 e. The van der Waals surface area contributed by atoms with Crippen molar-refractivity contribution in [3.05, 3.63) is 69.7 Å². The monoisotopic (exact) mass is 460 g/mol. The molecule has 0 bridgehead atoms. The molecule has 1 aliphatic carbocycles. The van der Waals surface area contributed by atoms with Gasteiger partial charge in [0, 0.05) is 22.6 Å². The third-order valence-corrected chi connectivity index (χ3v) is 6.48. The van der Waals surface area contributed by atoms with Crippen LogP contribution in [0.1, 0.15) is 56.6 Å². The third-order valence-electron chi connectivity index (χ3n) is 5.89. The molecule has 1 fully saturated rings. The number of amides is 2. The van der Waals surface area contributed by atoms with Crippen molar-refractivity contribution in [3.63, 3.8) is 0 Å². The first-order chi connectivity index (χ1) is 15.0. The first-order valence-corrected chi connectivity index (χ1v) is 11.8. The van der Waals surface area contributed by atoms with E-state index in [2.05, 4.69) is 5.32 Å². The van der Waals surface area contributed by atoms with Gasteiger partial charge in [-0.05, 0) is 42.5 Å². The van der Waals surface area contributed by atoms with Crippen molar-refractivity contribution in [1.82, 2.24) is 10.2 Å². The Morgan fingerprint density at radius 2 is 1.77 bits per heavy atom. The zero-order valence-electron chi connectivity index (χ0n) is 17.9. The maximum absolute atomic E-state index is 13.4. The molecule has 0 unspecified atom stereocenters. The number of halogens is 2. The Labute approximate surface area is 194 Å². The van der Waals surface area contributed by atoms with E-state index in [1.165, 1.54) is 6.42 Å². The van der Waals surface area contributed by atoms with E-state index in [-0.39, 0.29) is 24.3 Å². The number of carbonyl (C=O) groups is 2. The second-order valence-electron chi connectivity index (χ2n) is 8.19. The number of nitrogens with zero attached hydrogens (tertiary/aromatic N) is 1. The molecule has 4 nitrogen and oxygen atoms in total. The molecule has 3 rings (SSSR count). The zero-order valence-corrected chi connectivity index (χ0v) is 19.5. The van der Waals surface area contributed by atoms with Gasteiger partial charge in [0.15, 0.2) is 0 Å². The number of rotatable bonds is 8. The molecular formula is C25H30Cl2N2O2. The van der Waals surface area contributed by atoms with Crippen LogP contribution in [0, 0.1) is 0 Å². The van der Waals surface area contributed by atoms with Crippen LogP contribution < -0.4 is 5.32 Å². The first-order valence-electron chi connectivity index (χ1n) is 11.1. The highest BCUT2D eigenvalue weighted by atomic mass is 35.5. The largest absolute Gasteiger partial charge is 0.352 e. The summed E-state index contributed by atoms with van der Waals surface area (Å²) in [7, 11) is 0. The van der Waals surface area contributed by atoms with Crippen LogP contribution in [-0.4, -0.2) is 28.8 Å². The van der Waals surface area contributed by atoms with Gasteiger partial charge in [-0.25, -0.2) is 0 Å². The lowest BCUT2D eigenvalue weighted by molar-refractivity contribution is -0.141. The summed E-state index contributed by atoms with van der Waals surface area (Å²) < 4.78 is 0. The van der Waals surface area contributed by atoms with Gasteiger partial charge >= 0.3 is 0 Å². The minimum atomic E-state index is -0.527. The Morgan fingerprint density at radius 3 is 2.42 bits per heavy atom. The average molecular weight is 461 g/mol. The summed E-state index contributed by atoms with van der Waals surface area (Å²) in [6, 6.07) is 14.6. The molecule has 0 saturated heterocycles. The Balaban J connectivity index is 1.80. The molecule has 0 aromatic heterocycles. The summed E-state index contributed by atoms with van der Waals surface area (Å²) in [5.74, 6) is -0.195. The molecule has 2 amide bonds. The molecule has 0 aliphatic heterocycles. The lowest BCUT2D eigenvalue weighted by Gasteiger charge is -2.33. The highest BCUT2D eigenvalue weighted by molar-refractivity contribution is 6.35. The molecule has 1 atom stereocenters. The SMILES string of the molecule is CC[C@@H](C(=O)NC1CCCCC1)N(Cc1ccccc1)C(=O)Cc1ccc(Cl)cc1Cl. The summed E-state index contributed by atoms with van der Waals surface area (Å²) in [6.07, 6.45) is 6.20. The van der Waals surface area contributed by atoms with Crippen LogP contribution in [0.2, 0.25) is 10.0 Å². The molecule has 31 heavy (non-hydrogen) atoms. The number of carbonyl (C=O) groups excluding carboxylic acids is 2. The molecule has 0 spiro atoms. The van der Waals surface area contributed by atoms with Gasteiger partial charge in [-0.1, -0.05) is 85.8 Å². The predicted octanol–water partition coefficient (Wildman–Crippen LogP) is 5.79. The predicted molar refractivity (Wildman–Crippen MR) is 126 cm³/mol. The maximum Gasteiger partial charge on any atom is 0.243 e. The highest BCUT2D eigenvalue weighted by Crippen LogP contribution is 2.23. The van der Waals surface area contributed by atoms with E-state index in [9.17, 15) is 9.59 Å². The van der Waals surface area contributed by atoms with Gasteiger partial charge in [0.1, 0.15) is 6.04 Å². The van der Waals surface area contributed by atoms with E-state index in [4.69, 9.17) is 23.2 Å². The van der Waals surface area contributed by atoms with Crippen LogP contribution in [0.5, 0.6) is 0 Å². The summed E-state index contributed by atoms with van der Waals surface area (Å²) >= 11 is 12.3. The third kappa shape index (κ3) is 6.72. The maximum atomic E-state index is 13.4. The summed E-state index contributed by atoms with van der Waals surface area (Å²) in [5, 5.41) is 4.18. The zero-order chi connectivity index (χ0) is 22.2. The van der Waals surface area contributed by atoms with Crippen LogP contribution >= 0.6 is 23.2 Å². The van der Waals surface area contributed by atoms with Gasteiger partial charge in [-0.2, -0.15) is 0 Å². The van der Waals surface area contributed by atoms with E-state index in [0.717, 1.165) is 31.2 Å². The van der Waals surface area contributed by atoms with Gasteiger partial charge in [0.05, 0.1) is 6.42 Å². The van der Waals surface area contributed by atoms with Crippen LogP contribution in [0.25, 0.3) is 0 Å². The lowest BCUT2D eigenvalue weighted by atomic mass is 9.95. The number of hydrogen-bond donors (Lipinski definition) is 1. The molecule has 2 aromatic carbocycles. The van der Waals surface area contributed by atoms with Crippen molar-refractivity contribution >= 4 is 35.0 Å². The Hall–Kier alpha value is -2.04. The fraction of sp³-hybridized carbons (Fsp3) is 0.440. The number of benzene rings is 2. The van der Waals surface area contributed by atoms with Crippen molar-refractivity contribution in [2.45, 2.75) is 70.5 Å². The quantitative estimate of drug-likeness (QED) is 0.541. The summed E-state index contributed by atoms with van der Waals surface area (Å²) in [4.78, 5) is 28.3. The van der Waals surface area contributed by atoms with E-state index < -0.39 is 6.04 Å². The van der Waals surface area contributed by atoms with Crippen molar-refractivity contribution in [3.8, 4) is 0 Å². The Kier molecular flexibility index (Phi) is 8.79. The molecule has 0 heterocycles. The fourth-order valence-corrected chi connectivity index (χ4v) is 4.65. The molecule has 2 aromatic rings. The van der Waals surface area contributed by atoms with E-state index >= 15 is 0 Å². The minimum absolute atomic E-state index is 0.0686. The Bertz CT molecular complexity index is 882. The summed E-state index contributed by atoms with van der Waals surface area (Å²) in [6.45, 7) is 2.33. The van der Waals surface area contributed by atoms with Gasteiger partial charge in [-0.3, -0.25) is 9.59 Å². The standard InChI is InChI=1S/C25H30Cl2N2O2/c1-2-23(25(31)28-21-11-7-4-8-12-21)29(17-18-9-5-3-6-10-18)24(30)15-19-13-14-20(26)16-22(19)27/h3,5-6,9-10,13-14,16,21,23H,2,4,7-8,11-12,15,17H2,1H3,(H,28,31)/t23-/m0/s1. The van der Waals surface area contributed by atoms with Crippen molar-refractivity contribution in [2.24, 2.45) is 0 Å². The van der Waals surface area contributed by atoms with E-state index in [1.807, 2.05) is 37.3 Å². The van der Waals surface area contributed by atoms with E-state index in [0.29, 0.717) is 28.6 Å². The van der Waals surface area contributed by atoms with Crippen molar-refractivity contribution in [2.75, 3.05) is 0 Å². The van der Waals surface area contributed by atoms with Crippen LogP contribution in [0.15, 0.2) is 48.5 Å². The van der Waals surface area contributed by atoms with Crippen molar-refractivity contribution < 1.29 is 9.59 Å². The van der Waals surface area contributed by atoms with Gasteiger partial charge in [-0.15, -0.1) is 0 Å². The van der Waals surface area contributed by atoms with Crippen molar-refractivity contribution in [1.29, 1.82) is 0 Å². The number of hydrogen-bond acceptors (Lipinski definition) is 2. The van der Waals surface area contributed by atoms with E-state index in [1.54, 1.807) is 23.1 Å². The van der Waals surface area contributed by atoms with Crippen LogP contribution in [0.3, 0.4) is 0 Å². The topological polar surface area (TPSA) is 49.4 Å². The summed E-state index contributed by atoms with van der Waals surface area (Å²) in [5.41, 5.74) is 1.69. The second-order valence-corrected chi connectivity index (χ2v) is 9.03. The average Bonchev–Trinajstić information content (AvgIpc) is 2.77.